The van der Waals surface area contributed by atoms with Crippen molar-refractivity contribution in [2.45, 2.75) is 24.9 Å². The van der Waals surface area contributed by atoms with Crippen LogP contribution in [0.25, 0.3) is 0 Å². The molecule has 108 valence electrons. The number of nitrogens with one attached hydrogen (secondary N) is 1. The van der Waals surface area contributed by atoms with Gasteiger partial charge >= 0.3 is 0 Å². The summed E-state index contributed by atoms with van der Waals surface area (Å²) < 4.78 is 53.8. The Kier molecular flexibility index (Phi) is 3.71. The molecule has 20 heavy (non-hydrogen) atoms. The molecule has 0 saturated heterocycles. The first-order valence-electron chi connectivity index (χ1n) is 5.67. The lowest BCUT2D eigenvalue weighted by molar-refractivity contribution is 0.562. The third-order valence-corrected chi connectivity index (χ3v) is 3.77. The molecular formula is C11H12F2N4O2S. The summed E-state index contributed by atoms with van der Waals surface area (Å²) in [5, 5.41) is -0.275. The van der Waals surface area contributed by atoms with E-state index in [0.717, 1.165) is 0 Å². The highest BCUT2D eigenvalue weighted by atomic mass is 32.2. The number of pyridine rings is 1. The number of imidazole rings is 1. The van der Waals surface area contributed by atoms with Gasteiger partial charge in [-0.25, -0.2) is 14.4 Å². The zero-order valence-corrected chi connectivity index (χ0v) is 11.5. The summed E-state index contributed by atoms with van der Waals surface area (Å²) in [6.07, 6.45) is 3.26. The summed E-state index contributed by atoms with van der Waals surface area (Å²) in [4.78, 5) is 6.81. The van der Waals surface area contributed by atoms with Crippen LogP contribution in [0.2, 0.25) is 0 Å². The molecule has 6 nitrogen and oxygen atoms in total. The second-order valence-electron chi connectivity index (χ2n) is 4.35. The highest BCUT2D eigenvalue weighted by Gasteiger charge is 2.20. The van der Waals surface area contributed by atoms with Crippen LogP contribution in [0.3, 0.4) is 0 Å². The van der Waals surface area contributed by atoms with Crippen LogP contribution in [0, 0.1) is 11.8 Å². The van der Waals surface area contributed by atoms with Gasteiger partial charge in [0.25, 0.3) is 10.0 Å². The van der Waals surface area contributed by atoms with Crippen LogP contribution in [0.15, 0.2) is 29.8 Å². The fourth-order valence-electron chi connectivity index (χ4n) is 1.43. The highest BCUT2D eigenvalue weighted by molar-refractivity contribution is 7.92. The normalized spacial score (nSPS) is 11.8. The van der Waals surface area contributed by atoms with E-state index in [2.05, 4.69) is 9.97 Å². The summed E-state index contributed by atoms with van der Waals surface area (Å²) in [5.41, 5.74) is -0.517. The van der Waals surface area contributed by atoms with E-state index in [9.17, 15) is 17.2 Å². The van der Waals surface area contributed by atoms with Gasteiger partial charge < -0.3 is 4.57 Å². The molecule has 0 aliphatic carbocycles. The lowest BCUT2D eigenvalue weighted by atomic mass is 10.4. The number of hydrogen-bond donors (Lipinski definition) is 1. The Bertz CT molecular complexity index is 728. The summed E-state index contributed by atoms with van der Waals surface area (Å²) in [6, 6.07) is 0.688. The van der Waals surface area contributed by atoms with E-state index in [1.165, 1.54) is 12.5 Å². The third kappa shape index (κ3) is 2.93. The van der Waals surface area contributed by atoms with Gasteiger partial charge in [-0.2, -0.15) is 12.8 Å². The molecule has 9 heteroatoms. The molecule has 0 aromatic carbocycles. The van der Waals surface area contributed by atoms with Crippen LogP contribution in [0.5, 0.6) is 0 Å². The first-order chi connectivity index (χ1) is 9.29. The topological polar surface area (TPSA) is 76.9 Å². The van der Waals surface area contributed by atoms with E-state index in [0.29, 0.717) is 12.3 Å². The minimum atomic E-state index is -4.08. The average Bonchev–Trinajstić information content (AvgIpc) is 2.84. The number of sulfonamides is 1. The average molecular weight is 302 g/mol. The van der Waals surface area contributed by atoms with Crippen molar-refractivity contribution in [3.63, 3.8) is 0 Å². The molecule has 0 amide bonds. The van der Waals surface area contributed by atoms with Crippen molar-refractivity contribution >= 4 is 15.7 Å². The lowest BCUT2D eigenvalue weighted by Crippen LogP contribution is -2.15. The van der Waals surface area contributed by atoms with E-state index in [-0.39, 0.29) is 11.1 Å². The van der Waals surface area contributed by atoms with Crippen LogP contribution < -0.4 is 4.72 Å². The van der Waals surface area contributed by atoms with Crippen LogP contribution in [0.1, 0.15) is 19.9 Å². The summed E-state index contributed by atoms with van der Waals surface area (Å²) in [6.45, 7) is 3.70. The molecule has 0 spiro atoms. The smallest absolute Gasteiger partial charge is 0.281 e. The van der Waals surface area contributed by atoms with Crippen molar-refractivity contribution < 1.29 is 17.2 Å². The van der Waals surface area contributed by atoms with Gasteiger partial charge in [0.05, 0.1) is 18.2 Å². The number of anilines is 1. The van der Waals surface area contributed by atoms with E-state index in [1.807, 2.05) is 18.6 Å². The van der Waals surface area contributed by atoms with Crippen LogP contribution in [0.4, 0.5) is 14.5 Å². The monoisotopic (exact) mass is 302 g/mol. The molecular weight excluding hydrogens is 290 g/mol. The molecule has 0 aliphatic rings. The molecule has 0 unspecified atom stereocenters. The Hall–Kier alpha value is -2.03. The standard InChI is InChI=1S/C11H12F2N4O2S/c1-7(2)17-5-11(15-6-17)20(18,19)16-9-3-10(13)14-4-8(9)12/h3-7H,1-2H3,(H,14,16). The van der Waals surface area contributed by atoms with E-state index in [1.54, 1.807) is 4.57 Å². The maximum Gasteiger partial charge on any atom is 0.281 e. The Morgan fingerprint density at radius 3 is 2.60 bits per heavy atom. The van der Waals surface area contributed by atoms with Crippen molar-refractivity contribution in [1.82, 2.24) is 14.5 Å². The molecule has 0 saturated carbocycles. The summed E-state index contributed by atoms with van der Waals surface area (Å²) >= 11 is 0. The van der Waals surface area contributed by atoms with Crippen molar-refractivity contribution in [2.24, 2.45) is 0 Å². The van der Waals surface area contributed by atoms with E-state index >= 15 is 0 Å². The second-order valence-corrected chi connectivity index (χ2v) is 5.97. The zero-order chi connectivity index (χ0) is 14.9. The minimum absolute atomic E-state index is 0.0292. The fourth-order valence-corrected chi connectivity index (χ4v) is 2.42. The summed E-state index contributed by atoms with van der Waals surface area (Å²) in [7, 11) is -4.08. The molecule has 0 atom stereocenters. The molecule has 2 rings (SSSR count). The van der Waals surface area contributed by atoms with Gasteiger partial charge in [-0.3, -0.25) is 4.72 Å². The van der Waals surface area contributed by atoms with Gasteiger partial charge in [-0.15, -0.1) is 0 Å². The fraction of sp³-hybridized carbons (Fsp3) is 0.273. The molecule has 0 bridgehead atoms. The molecule has 2 aromatic rings. The SMILES string of the molecule is CC(C)n1cnc(S(=O)(=O)Nc2cc(F)ncc2F)c1. The number of halogens is 2. The third-order valence-electron chi connectivity index (χ3n) is 2.52. The molecule has 1 N–H and O–H groups in total. The molecule has 0 radical (unpaired) electrons. The second kappa shape index (κ2) is 5.16. The van der Waals surface area contributed by atoms with Crippen molar-refractivity contribution in [3.05, 3.63) is 36.6 Å². The van der Waals surface area contributed by atoms with E-state index in [4.69, 9.17) is 0 Å². The van der Waals surface area contributed by atoms with Gasteiger partial charge in [0.15, 0.2) is 10.8 Å². The first-order valence-corrected chi connectivity index (χ1v) is 7.15. The number of nitrogens with zero attached hydrogens (tertiary/aromatic N) is 3. The van der Waals surface area contributed by atoms with Crippen LogP contribution in [-0.4, -0.2) is 23.0 Å². The molecule has 2 aromatic heterocycles. The molecule has 0 fully saturated rings. The predicted molar refractivity (Wildman–Crippen MR) is 67.6 cm³/mol. The van der Waals surface area contributed by atoms with E-state index < -0.39 is 27.5 Å². The first kappa shape index (κ1) is 14.4. The highest BCUT2D eigenvalue weighted by Crippen LogP contribution is 2.18. The quantitative estimate of drug-likeness (QED) is 0.876. The van der Waals surface area contributed by atoms with Crippen molar-refractivity contribution in [3.8, 4) is 0 Å². The van der Waals surface area contributed by atoms with Gasteiger partial charge in [-0.05, 0) is 13.8 Å². The molecule has 0 aliphatic heterocycles. The Labute approximate surface area is 114 Å². The van der Waals surface area contributed by atoms with Crippen molar-refractivity contribution in [2.75, 3.05) is 4.72 Å². The Balaban J connectivity index is 2.33. The van der Waals surface area contributed by atoms with Crippen LogP contribution >= 0.6 is 0 Å². The Morgan fingerprint density at radius 1 is 1.30 bits per heavy atom. The maximum atomic E-state index is 13.4. The number of rotatable bonds is 4. The predicted octanol–water partition coefficient (Wildman–Crippen LogP) is 1.94. The number of aromatic nitrogens is 3. The number of hydrogen-bond acceptors (Lipinski definition) is 4. The minimum Gasteiger partial charge on any atom is -0.334 e. The van der Waals surface area contributed by atoms with Gasteiger partial charge in [-0.1, -0.05) is 0 Å². The molecule has 2 heterocycles. The summed E-state index contributed by atoms with van der Waals surface area (Å²) in [5.74, 6) is -1.96. The Morgan fingerprint density at radius 2 is 2.00 bits per heavy atom. The maximum absolute atomic E-state index is 13.4. The zero-order valence-electron chi connectivity index (χ0n) is 10.7. The van der Waals surface area contributed by atoms with Gasteiger partial charge in [0.2, 0.25) is 5.95 Å². The van der Waals surface area contributed by atoms with Gasteiger partial charge in [0.1, 0.15) is 0 Å². The lowest BCUT2D eigenvalue weighted by Gasteiger charge is -2.07. The van der Waals surface area contributed by atoms with Crippen LogP contribution in [-0.2, 0) is 10.0 Å². The van der Waals surface area contributed by atoms with Gasteiger partial charge in [0, 0.05) is 18.3 Å². The van der Waals surface area contributed by atoms with Crippen molar-refractivity contribution in [1.29, 1.82) is 0 Å². The largest absolute Gasteiger partial charge is 0.334 e.